The van der Waals surface area contributed by atoms with E-state index in [9.17, 15) is 13.2 Å². The summed E-state index contributed by atoms with van der Waals surface area (Å²) in [5.74, 6) is -1.43. The zero-order valence-corrected chi connectivity index (χ0v) is 6.97. The Morgan fingerprint density at radius 3 is 2.71 bits per heavy atom. The van der Waals surface area contributed by atoms with Gasteiger partial charge in [-0.3, -0.25) is 0 Å². The summed E-state index contributed by atoms with van der Waals surface area (Å²) in [6.07, 6.45) is -3.17. The number of rotatable bonds is 2. The molecule has 6 heteroatoms. The molecule has 0 saturated heterocycles. The van der Waals surface area contributed by atoms with Crippen LogP contribution in [-0.2, 0) is 6.42 Å². The van der Waals surface area contributed by atoms with Crippen molar-refractivity contribution in [2.45, 2.75) is 12.8 Å². The summed E-state index contributed by atoms with van der Waals surface area (Å²) in [4.78, 5) is 3.16. The minimum atomic E-state index is -2.86. The predicted molar refractivity (Wildman–Crippen MR) is 42.9 cm³/mol. The maximum Gasteiger partial charge on any atom is 0.264 e. The molecule has 0 fully saturated rings. The predicted octanol–water partition coefficient (Wildman–Crippen LogP) is 1.81. The van der Waals surface area contributed by atoms with E-state index < -0.39 is 17.9 Å². The highest BCUT2D eigenvalue weighted by Crippen LogP contribution is 2.26. The number of nitrogen functional groups attached to an aromatic ring is 1. The third-order valence-electron chi connectivity index (χ3n) is 1.65. The topological polar surface area (TPSA) is 62.7 Å². The van der Waals surface area contributed by atoms with E-state index in [0.717, 1.165) is 0 Å². The fraction of sp³-hybridized carbons (Fsp3) is 0.250. The van der Waals surface area contributed by atoms with Crippen LogP contribution in [0.2, 0.25) is 0 Å². The molecule has 0 radical (unpaired) electrons. The molecule has 0 aliphatic carbocycles. The number of hydrogen-bond donors (Lipinski definition) is 1. The van der Waals surface area contributed by atoms with Crippen molar-refractivity contribution in [3.8, 4) is 6.07 Å². The van der Waals surface area contributed by atoms with Gasteiger partial charge < -0.3 is 5.73 Å². The molecule has 0 unspecified atom stereocenters. The van der Waals surface area contributed by atoms with Gasteiger partial charge in [-0.05, 0) is 0 Å². The number of nitrogens with zero attached hydrogens (tertiary/aromatic N) is 2. The lowest BCUT2D eigenvalue weighted by atomic mass is 10.1. The molecule has 0 aromatic carbocycles. The number of nitrogens with two attached hydrogens (primary N) is 1. The highest BCUT2D eigenvalue weighted by Gasteiger charge is 2.17. The van der Waals surface area contributed by atoms with Crippen molar-refractivity contribution in [1.29, 1.82) is 5.26 Å². The molecule has 0 bridgehead atoms. The van der Waals surface area contributed by atoms with Crippen molar-refractivity contribution < 1.29 is 13.2 Å². The van der Waals surface area contributed by atoms with Crippen LogP contribution in [0, 0.1) is 17.3 Å². The molecule has 1 aromatic rings. The van der Waals surface area contributed by atoms with Crippen LogP contribution < -0.4 is 5.73 Å². The summed E-state index contributed by atoms with van der Waals surface area (Å²) in [5.41, 5.74) is 4.53. The fourth-order valence-electron chi connectivity index (χ4n) is 1.04. The third kappa shape index (κ3) is 1.93. The van der Waals surface area contributed by atoms with Gasteiger partial charge in [0, 0.05) is 17.2 Å². The van der Waals surface area contributed by atoms with Crippen LogP contribution in [0.15, 0.2) is 6.07 Å². The van der Waals surface area contributed by atoms with Crippen molar-refractivity contribution in [2.75, 3.05) is 5.73 Å². The molecule has 0 aliphatic heterocycles. The number of aromatic nitrogens is 1. The molecule has 0 saturated carbocycles. The van der Waals surface area contributed by atoms with Crippen molar-refractivity contribution in [1.82, 2.24) is 4.98 Å². The number of nitriles is 1. The van der Waals surface area contributed by atoms with Crippen LogP contribution >= 0.6 is 0 Å². The zero-order chi connectivity index (χ0) is 10.7. The van der Waals surface area contributed by atoms with Gasteiger partial charge in [-0.1, -0.05) is 0 Å². The Balaban J connectivity index is 3.30. The van der Waals surface area contributed by atoms with E-state index in [1.807, 2.05) is 0 Å². The average molecular weight is 201 g/mol. The van der Waals surface area contributed by atoms with E-state index in [4.69, 9.17) is 11.0 Å². The van der Waals surface area contributed by atoms with Gasteiger partial charge in [0.2, 0.25) is 5.95 Å². The van der Waals surface area contributed by atoms with Crippen molar-refractivity contribution >= 4 is 5.82 Å². The first kappa shape index (κ1) is 10.3. The van der Waals surface area contributed by atoms with E-state index >= 15 is 0 Å². The highest BCUT2D eigenvalue weighted by molar-refractivity contribution is 5.46. The van der Waals surface area contributed by atoms with E-state index in [1.54, 1.807) is 6.07 Å². The molecule has 0 amide bonds. The third-order valence-corrected chi connectivity index (χ3v) is 1.65. The van der Waals surface area contributed by atoms with Gasteiger partial charge in [0.25, 0.3) is 6.43 Å². The fourth-order valence-corrected chi connectivity index (χ4v) is 1.04. The Morgan fingerprint density at radius 1 is 1.57 bits per heavy atom. The maximum atomic E-state index is 12.6. The second-order valence-electron chi connectivity index (χ2n) is 2.53. The molecule has 1 aromatic heterocycles. The van der Waals surface area contributed by atoms with Crippen molar-refractivity contribution in [3.05, 3.63) is 23.1 Å². The molecular weight excluding hydrogens is 195 g/mol. The molecule has 1 rings (SSSR count). The van der Waals surface area contributed by atoms with E-state index in [2.05, 4.69) is 4.98 Å². The Bertz CT molecular complexity index is 384. The smallest absolute Gasteiger partial charge is 0.264 e. The first-order valence-corrected chi connectivity index (χ1v) is 3.66. The molecule has 0 atom stereocenters. The summed E-state index contributed by atoms with van der Waals surface area (Å²) < 4.78 is 37.3. The Hall–Kier alpha value is -1.77. The van der Waals surface area contributed by atoms with Crippen LogP contribution in [0.4, 0.5) is 19.0 Å². The summed E-state index contributed by atoms with van der Waals surface area (Å²) in [5, 5.41) is 8.35. The van der Waals surface area contributed by atoms with Crippen molar-refractivity contribution in [2.24, 2.45) is 0 Å². The molecule has 0 aliphatic rings. The number of alkyl halides is 2. The van der Waals surface area contributed by atoms with Crippen molar-refractivity contribution in [3.63, 3.8) is 0 Å². The van der Waals surface area contributed by atoms with Gasteiger partial charge in [0.15, 0.2) is 0 Å². The first-order valence-electron chi connectivity index (χ1n) is 3.66. The van der Waals surface area contributed by atoms with E-state index in [-0.39, 0.29) is 17.8 Å². The lowest BCUT2D eigenvalue weighted by Gasteiger charge is -2.07. The van der Waals surface area contributed by atoms with Gasteiger partial charge in [-0.2, -0.15) is 9.65 Å². The molecule has 14 heavy (non-hydrogen) atoms. The molecule has 1 heterocycles. The molecule has 0 spiro atoms. The average Bonchev–Trinajstić information content (AvgIpc) is 2.09. The number of hydrogen-bond acceptors (Lipinski definition) is 3. The largest absolute Gasteiger partial charge is 0.383 e. The minimum Gasteiger partial charge on any atom is -0.383 e. The summed E-state index contributed by atoms with van der Waals surface area (Å²) in [7, 11) is 0. The molecular formula is C8H6F3N3. The van der Waals surface area contributed by atoms with Crippen LogP contribution in [0.25, 0.3) is 0 Å². The van der Waals surface area contributed by atoms with Gasteiger partial charge >= 0.3 is 0 Å². The standard InChI is InChI=1S/C8H6F3N3/c9-6-3-5(7(10)11)4(1-2-12)8(13)14-6/h3,7H,1H2,(H2,13,14). The van der Waals surface area contributed by atoms with Crippen LogP contribution in [0.1, 0.15) is 17.6 Å². The molecule has 74 valence electrons. The van der Waals surface area contributed by atoms with Gasteiger partial charge in [-0.15, -0.1) is 0 Å². The molecule has 3 nitrogen and oxygen atoms in total. The Labute approximate surface area is 78.0 Å². The Morgan fingerprint density at radius 2 is 2.21 bits per heavy atom. The monoisotopic (exact) mass is 201 g/mol. The lowest BCUT2D eigenvalue weighted by Crippen LogP contribution is -2.04. The minimum absolute atomic E-state index is 0.107. The van der Waals surface area contributed by atoms with E-state index in [1.165, 1.54) is 0 Å². The number of halogens is 3. The summed E-state index contributed by atoms with van der Waals surface area (Å²) in [6.45, 7) is 0. The Kier molecular flexibility index (Phi) is 2.92. The second kappa shape index (κ2) is 3.96. The first-order chi connectivity index (χ1) is 6.56. The van der Waals surface area contributed by atoms with Gasteiger partial charge in [0.05, 0.1) is 12.5 Å². The SMILES string of the molecule is N#CCc1c(C(F)F)cc(F)nc1N. The highest BCUT2D eigenvalue weighted by atomic mass is 19.3. The second-order valence-corrected chi connectivity index (χ2v) is 2.53. The van der Waals surface area contributed by atoms with Crippen LogP contribution in [0.3, 0.4) is 0 Å². The maximum absolute atomic E-state index is 12.6. The molecule has 2 N–H and O–H groups in total. The summed E-state index contributed by atoms with van der Waals surface area (Å²) in [6, 6.07) is 2.25. The van der Waals surface area contributed by atoms with Gasteiger partial charge in [-0.25, -0.2) is 13.8 Å². The quantitative estimate of drug-likeness (QED) is 0.742. The summed E-state index contributed by atoms with van der Waals surface area (Å²) >= 11 is 0. The van der Waals surface area contributed by atoms with Crippen LogP contribution in [0.5, 0.6) is 0 Å². The van der Waals surface area contributed by atoms with Gasteiger partial charge in [0.1, 0.15) is 5.82 Å². The van der Waals surface area contributed by atoms with Crippen LogP contribution in [-0.4, -0.2) is 4.98 Å². The zero-order valence-electron chi connectivity index (χ0n) is 6.97. The number of anilines is 1. The van der Waals surface area contributed by atoms with E-state index in [0.29, 0.717) is 6.07 Å². The lowest BCUT2D eigenvalue weighted by molar-refractivity contribution is 0.150. The normalized spacial score (nSPS) is 10.2. The number of pyridine rings is 1.